The highest BCUT2D eigenvalue weighted by Crippen LogP contribution is 2.40. The van der Waals surface area contributed by atoms with Gasteiger partial charge in [0, 0.05) is 18.1 Å². The van der Waals surface area contributed by atoms with Crippen LogP contribution in [0, 0.1) is 11.3 Å². The molecule has 0 aliphatic heterocycles. The summed E-state index contributed by atoms with van der Waals surface area (Å²) in [5.74, 6) is -0.0182. The first-order valence-corrected chi connectivity index (χ1v) is 9.26. The predicted molar refractivity (Wildman–Crippen MR) is 97.4 cm³/mol. The quantitative estimate of drug-likeness (QED) is 0.809. The van der Waals surface area contributed by atoms with Gasteiger partial charge in [-0.15, -0.1) is 11.3 Å². The van der Waals surface area contributed by atoms with Gasteiger partial charge >= 0.3 is 0 Å². The first kappa shape index (κ1) is 17.7. The molecule has 25 heavy (non-hydrogen) atoms. The summed E-state index contributed by atoms with van der Waals surface area (Å²) >= 11 is 1.53. The summed E-state index contributed by atoms with van der Waals surface area (Å²) < 4.78 is 1.54. The van der Waals surface area contributed by atoms with E-state index >= 15 is 0 Å². The van der Waals surface area contributed by atoms with Gasteiger partial charge in [0.25, 0.3) is 11.8 Å². The highest BCUT2D eigenvalue weighted by Gasteiger charge is 2.30. The van der Waals surface area contributed by atoms with E-state index < -0.39 is 0 Å². The molecule has 2 aromatic heterocycles. The van der Waals surface area contributed by atoms with Crippen LogP contribution in [0.1, 0.15) is 57.7 Å². The summed E-state index contributed by atoms with van der Waals surface area (Å²) in [6.07, 6.45) is 6.26. The Morgan fingerprint density at radius 2 is 2.00 bits per heavy atom. The van der Waals surface area contributed by atoms with Crippen molar-refractivity contribution in [1.82, 2.24) is 20.6 Å². The summed E-state index contributed by atoms with van der Waals surface area (Å²) in [6, 6.07) is 1.98. The van der Waals surface area contributed by atoms with Crippen LogP contribution in [0.3, 0.4) is 0 Å². The van der Waals surface area contributed by atoms with Gasteiger partial charge in [-0.3, -0.25) is 25.1 Å². The van der Waals surface area contributed by atoms with Crippen molar-refractivity contribution in [2.45, 2.75) is 40.0 Å². The lowest BCUT2D eigenvalue weighted by molar-refractivity contribution is 0.0849. The van der Waals surface area contributed by atoms with Gasteiger partial charge < -0.3 is 0 Å². The fraction of sp³-hybridized carbons (Fsp3) is 0.500. The zero-order valence-corrected chi connectivity index (χ0v) is 15.9. The molecular weight excluding hydrogens is 336 g/mol. The smallest absolute Gasteiger partial charge is 0.275 e. The van der Waals surface area contributed by atoms with Gasteiger partial charge in [0.15, 0.2) is 0 Å². The van der Waals surface area contributed by atoms with Crippen molar-refractivity contribution >= 4 is 23.2 Å². The number of rotatable bonds is 2. The lowest BCUT2D eigenvalue weighted by atomic mass is 9.72. The Balaban J connectivity index is 1.62. The molecular formula is C18H24N4O2S. The van der Waals surface area contributed by atoms with Crippen LogP contribution in [-0.2, 0) is 19.9 Å². The molecule has 0 spiro atoms. The Kier molecular flexibility index (Phi) is 4.69. The molecule has 0 fully saturated rings. The van der Waals surface area contributed by atoms with Gasteiger partial charge in [0.05, 0.1) is 16.6 Å². The molecule has 7 heteroatoms. The van der Waals surface area contributed by atoms with Crippen LogP contribution in [0.25, 0.3) is 0 Å². The van der Waals surface area contributed by atoms with Crippen LogP contribution in [0.15, 0.2) is 18.5 Å². The molecule has 0 aromatic carbocycles. The standard InChI is InChI=1S/C18H24N4O2S/c1-18(2,3)13-5-6-14-11(7-13)8-15(25-14)17(24)21-20-16(23)12-9-19-22(4)10-12/h8-10,13H,5-7H2,1-4H3,(H,20,23)(H,21,24)/t13-/m1/s1. The van der Waals surface area contributed by atoms with Crippen molar-refractivity contribution in [2.24, 2.45) is 18.4 Å². The second-order valence-electron chi connectivity index (χ2n) is 7.68. The number of nitrogens with one attached hydrogen (secondary N) is 2. The predicted octanol–water partition coefficient (Wildman–Crippen LogP) is 2.71. The van der Waals surface area contributed by atoms with Crippen LogP contribution >= 0.6 is 11.3 Å². The second-order valence-corrected chi connectivity index (χ2v) is 8.81. The number of aryl methyl sites for hydroxylation is 2. The molecule has 2 aromatic rings. The van der Waals surface area contributed by atoms with E-state index in [2.05, 4.69) is 36.7 Å². The molecule has 0 saturated heterocycles. The van der Waals surface area contributed by atoms with Crippen molar-refractivity contribution in [1.29, 1.82) is 0 Å². The third kappa shape index (κ3) is 3.92. The lowest BCUT2D eigenvalue weighted by Crippen LogP contribution is -2.41. The van der Waals surface area contributed by atoms with E-state index in [4.69, 9.17) is 0 Å². The molecule has 1 atom stereocenters. The van der Waals surface area contributed by atoms with Gasteiger partial charge in [-0.1, -0.05) is 20.8 Å². The minimum absolute atomic E-state index is 0.274. The zero-order valence-electron chi connectivity index (χ0n) is 15.0. The van der Waals surface area contributed by atoms with Crippen LogP contribution < -0.4 is 10.9 Å². The summed E-state index contributed by atoms with van der Waals surface area (Å²) in [7, 11) is 1.73. The van der Waals surface area contributed by atoms with Crippen molar-refractivity contribution < 1.29 is 9.59 Å². The number of aromatic nitrogens is 2. The van der Waals surface area contributed by atoms with E-state index in [1.54, 1.807) is 13.2 Å². The molecule has 6 nitrogen and oxygen atoms in total. The van der Waals surface area contributed by atoms with Crippen molar-refractivity contribution in [3.8, 4) is 0 Å². The largest absolute Gasteiger partial charge is 0.279 e. The van der Waals surface area contributed by atoms with E-state index in [1.165, 1.54) is 32.7 Å². The summed E-state index contributed by atoms with van der Waals surface area (Å²) in [6.45, 7) is 6.82. The molecule has 134 valence electrons. The Morgan fingerprint density at radius 1 is 1.28 bits per heavy atom. The van der Waals surface area contributed by atoms with Crippen LogP contribution in [0.4, 0.5) is 0 Å². The Labute approximate surface area is 151 Å². The molecule has 0 radical (unpaired) electrons. The molecule has 2 heterocycles. The van der Waals surface area contributed by atoms with Gasteiger partial charge in [-0.05, 0) is 42.2 Å². The van der Waals surface area contributed by atoms with Gasteiger partial charge in [0.2, 0.25) is 0 Å². The number of fused-ring (bicyclic) bond motifs is 1. The molecule has 1 aliphatic rings. The molecule has 0 bridgehead atoms. The van der Waals surface area contributed by atoms with Crippen molar-refractivity contribution in [3.05, 3.63) is 39.3 Å². The summed E-state index contributed by atoms with van der Waals surface area (Å²) in [5.41, 5.74) is 6.89. The SMILES string of the molecule is Cn1cc(C(=O)NNC(=O)c2cc3c(s2)CC[C@@H](C(C)(C)C)C3)cn1. The number of amides is 2. The van der Waals surface area contributed by atoms with E-state index in [0.29, 0.717) is 16.4 Å². The maximum Gasteiger partial charge on any atom is 0.279 e. The summed E-state index contributed by atoms with van der Waals surface area (Å²) in [4.78, 5) is 26.3. The first-order valence-electron chi connectivity index (χ1n) is 8.45. The molecule has 2 amide bonds. The molecule has 3 rings (SSSR count). The lowest BCUT2D eigenvalue weighted by Gasteiger charge is -2.33. The normalized spacial score (nSPS) is 17.0. The molecule has 2 N–H and O–H groups in total. The van der Waals surface area contributed by atoms with Crippen molar-refractivity contribution in [2.75, 3.05) is 0 Å². The van der Waals surface area contributed by atoms with Gasteiger partial charge in [-0.25, -0.2) is 0 Å². The van der Waals surface area contributed by atoms with E-state index in [9.17, 15) is 9.59 Å². The highest BCUT2D eigenvalue weighted by atomic mass is 32.1. The number of carbonyl (C=O) groups excluding carboxylic acids is 2. The molecule has 1 aliphatic carbocycles. The van der Waals surface area contributed by atoms with Crippen LogP contribution in [0.5, 0.6) is 0 Å². The van der Waals surface area contributed by atoms with E-state index in [-0.39, 0.29) is 17.2 Å². The van der Waals surface area contributed by atoms with Gasteiger partial charge in [-0.2, -0.15) is 5.10 Å². The number of hydrogen-bond acceptors (Lipinski definition) is 4. The Bertz CT molecular complexity index is 800. The van der Waals surface area contributed by atoms with Gasteiger partial charge in [0.1, 0.15) is 0 Å². The van der Waals surface area contributed by atoms with Crippen LogP contribution in [0.2, 0.25) is 0 Å². The van der Waals surface area contributed by atoms with E-state index in [1.807, 2.05) is 6.07 Å². The minimum atomic E-state index is -0.379. The highest BCUT2D eigenvalue weighted by molar-refractivity contribution is 7.14. The van der Waals surface area contributed by atoms with Crippen LogP contribution in [-0.4, -0.2) is 21.6 Å². The third-order valence-electron chi connectivity index (χ3n) is 4.79. The number of hydrazine groups is 1. The third-order valence-corrected chi connectivity index (χ3v) is 6.02. The van der Waals surface area contributed by atoms with Crippen molar-refractivity contribution in [3.63, 3.8) is 0 Å². The average molecular weight is 360 g/mol. The maximum absolute atomic E-state index is 12.3. The average Bonchev–Trinajstić information content (AvgIpc) is 3.16. The number of nitrogens with zero attached hydrogens (tertiary/aromatic N) is 2. The zero-order chi connectivity index (χ0) is 18.2. The number of thiophene rings is 1. The Morgan fingerprint density at radius 3 is 2.64 bits per heavy atom. The molecule has 0 unspecified atom stereocenters. The maximum atomic E-state index is 12.3. The number of carbonyl (C=O) groups is 2. The fourth-order valence-corrected chi connectivity index (χ4v) is 4.26. The molecule has 0 saturated carbocycles. The Hall–Kier alpha value is -2.15. The summed E-state index contributed by atoms with van der Waals surface area (Å²) in [5, 5.41) is 3.94. The fourth-order valence-electron chi connectivity index (χ4n) is 3.16. The number of hydrogen-bond donors (Lipinski definition) is 2. The second kappa shape index (κ2) is 6.63. The van der Waals surface area contributed by atoms with E-state index in [0.717, 1.165) is 19.3 Å². The minimum Gasteiger partial charge on any atom is -0.275 e. The topological polar surface area (TPSA) is 76.0 Å². The first-order chi connectivity index (χ1) is 11.7. The monoisotopic (exact) mass is 360 g/mol.